The molecule has 3 rings (SSSR count). The van der Waals surface area contributed by atoms with Gasteiger partial charge in [0.25, 0.3) is 0 Å². The summed E-state index contributed by atoms with van der Waals surface area (Å²) < 4.78 is 0. The van der Waals surface area contributed by atoms with Gasteiger partial charge in [-0.15, -0.1) is 0 Å². The summed E-state index contributed by atoms with van der Waals surface area (Å²) in [6.45, 7) is 1.92. The molecule has 0 aliphatic heterocycles. The van der Waals surface area contributed by atoms with Gasteiger partial charge in [0.15, 0.2) is 0 Å². The largest absolute Gasteiger partial charge is 0.507 e. The molecule has 4 atom stereocenters. The summed E-state index contributed by atoms with van der Waals surface area (Å²) in [6, 6.07) is 6.79. The van der Waals surface area contributed by atoms with Crippen LogP contribution in [0, 0.1) is 18.8 Å². The zero-order valence-electron chi connectivity index (χ0n) is 12.6. The first-order valence-electron chi connectivity index (χ1n) is 7.56. The van der Waals surface area contributed by atoms with Crippen LogP contribution in [0.15, 0.2) is 23.2 Å². The molecular weight excluding hydrogens is 248 g/mol. The van der Waals surface area contributed by atoms with E-state index in [1.54, 1.807) is 0 Å². The van der Waals surface area contributed by atoms with Crippen molar-refractivity contribution in [2.45, 2.75) is 38.3 Å². The molecule has 0 aromatic heterocycles. The Labute approximate surface area is 121 Å². The minimum atomic E-state index is 0.362. The average Bonchev–Trinajstić information content (AvgIpc) is 3.00. The zero-order valence-corrected chi connectivity index (χ0v) is 12.6. The number of hydrogen-bond acceptors (Lipinski definition) is 3. The van der Waals surface area contributed by atoms with Gasteiger partial charge in [0.1, 0.15) is 5.75 Å². The summed E-state index contributed by atoms with van der Waals surface area (Å²) in [5.74, 6) is 1.90. The van der Waals surface area contributed by atoms with Gasteiger partial charge < -0.3 is 10.0 Å². The number of aromatic hydroxyl groups is 1. The van der Waals surface area contributed by atoms with Gasteiger partial charge in [-0.2, -0.15) is 0 Å². The van der Waals surface area contributed by atoms with Crippen molar-refractivity contribution in [3.63, 3.8) is 0 Å². The first-order chi connectivity index (χ1) is 9.58. The fourth-order valence-corrected chi connectivity index (χ4v) is 4.12. The van der Waals surface area contributed by atoms with Crippen molar-refractivity contribution in [3.8, 4) is 5.75 Å². The van der Waals surface area contributed by atoms with E-state index in [-0.39, 0.29) is 0 Å². The second kappa shape index (κ2) is 5.21. The fraction of sp³-hybridized carbons (Fsp3) is 0.588. The van der Waals surface area contributed by atoms with Gasteiger partial charge in [-0.05, 0) is 63.7 Å². The van der Waals surface area contributed by atoms with E-state index in [9.17, 15) is 5.11 Å². The molecule has 1 aromatic rings. The maximum absolute atomic E-state index is 10.1. The number of aryl methyl sites for hydroxylation is 1. The molecule has 20 heavy (non-hydrogen) atoms. The van der Waals surface area contributed by atoms with Crippen LogP contribution in [-0.2, 0) is 0 Å². The average molecular weight is 272 g/mol. The first-order valence-corrected chi connectivity index (χ1v) is 7.56. The highest BCUT2D eigenvalue weighted by molar-refractivity contribution is 5.84. The molecule has 2 aliphatic carbocycles. The molecule has 2 saturated carbocycles. The van der Waals surface area contributed by atoms with E-state index in [1.165, 1.54) is 19.3 Å². The highest BCUT2D eigenvalue weighted by atomic mass is 16.3. The predicted molar refractivity (Wildman–Crippen MR) is 82.5 cm³/mol. The standard InChI is InChI=1S/C17H24N2O/c1-11-5-4-6-14(17(11)20)10-18-15-12-7-8-13(9-12)16(15)19(2)3/h4-6,10,12-13,15-16,20H,7-9H2,1-3H3. The van der Waals surface area contributed by atoms with Gasteiger partial charge in [0.2, 0.25) is 0 Å². The van der Waals surface area contributed by atoms with Crippen LogP contribution in [0.2, 0.25) is 0 Å². The van der Waals surface area contributed by atoms with Crippen LogP contribution >= 0.6 is 0 Å². The number of phenolic OH excluding ortho intramolecular Hbond substituents is 1. The predicted octanol–water partition coefficient (Wildman–Crippen LogP) is 2.85. The Hall–Kier alpha value is -1.35. The molecule has 1 aromatic carbocycles. The lowest BCUT2D eigenvalue weighted by molar-refractivity contribution is 0.188. The SMILES string of the molecule is Cc1cccc(C=NC2C3CCC(C3)C2N(C)C)c1O. The van der Waals surface area contributed by atoms with Gasteiger partial charge >= 0.3 is 0 Å². The van der Waals surface area contributed by atoms with Crippen LogP contribution in [0.4, 0.5) is 0 Å². The summed E-state index contributed by atoms with van der Waals surface area (Å²) in [7, 11) is 4.33. The molecule has 0 heterocycles. The molecule has 3 heteroatoms. The van der Waals surface area contributed by atoms with Crippen LogP contribution in [0.5, 0.6) is 5.75 Å². The van der Waals surface area contributed by atoms with Gasteiger partial charge in [-0.25, -0.2) is 0 Å². The van der Waals surface area contributed by atoms with E-state index in [0.29, 0.717) is 17.8 Å². The van der Waals surface area contributed by atoms with E-state index in [2.05, 4.69) is 19.0 Å². The number of para-hydroxylation sites is 1. The van der Waals surface area contributed by atoms with E-state index < -0.39 is 0 Å². The van der Waals surface area contributed by atoms with Crippen molar-refractivity contribution >= 4 is 6.21 Å². The quantitative estimate of drug-likeness (QED) is 0.859. The molecule has 3 nitrogen and oxygen atoms in total. The number of rotatable bonds is 3. The fourth-order valence-electron chi connectivity index (χ4n) is 4.12. The molecule has 0 radical (unpaired) electrons. The molecule has 2 bridgehead atoms. The first kappa shape index (κ1) is 13.6. The Balaban J connectivity index is 1.83. The molecule has 1 N–H and O–H groups in total. The molecule has 2 aliphatic rings. The summed E-state index contributed by atoms with van der Waals surface area (Å²) in [4.78, 5) is 7.19. The van der Waals surface area contributed by atoms with Gasteiger partial charge in [-0.1, -0.05) is 12.1 Å². The molecule has 108 valence electrons. The number of phenols is 1. The van der Waals surface area contributed by atoms with Crippen LogP contribution < -0.4 is 0 Å². The summed E-state index contributed by atoms with van der Waals surface area (Å²) >= 11 is 0. The summed E-state index contributed by atoms with van der Waals surface area (Å²) in [5, 5.41) is 10.1. The number of likely N-dealkylation sites (N-methyl/N-ethyl adjacent to an activating group) is 1. The topological polar surface area (TPSA) is 35.8 Å². The van der Waals surface area contributed by atoms with Crippen molar-refractivity contribution in [3.05, 3.63) is 29.3 Å². The second-order valence-corrected chi connectivity index (χ2v) is 6.57. The Kier molecular flexibility index (Phi) is 3.55. The lowest BCUT2D eigenvalue weighted by atomic mass is 9.90. The molecular formula is C17H24N2O. The Morgan fingerprint density at radius 2 is 2.00 bits per heavy atom. The smallest absolute Gasteiger partial charge is 0.127 e. The van der Waals surface area contributed by atoms with E-state index in [0.717, 1.165) is 23.0 Å². The van der Waals surface area contributed by atoms with E-state index in [1.807, 2.05) is 31.3 Å². The third-order valence-electron chi connectivity index (χ3n) is 5.08. The summed E-state index contributed by atoms with van der Waals surface area (Å²) in [5.41, 5.74) is 1.75. The Morgan fingerprint density at radius 1 is 1.25 bits per heavy atom. The third-order valence-corrected chi connectivity index (χ3v) is 5.08. The normalized spacial score (nSPS) is 32.6. The molecule has 0 spiro atoms. The maximum atomic E-state index is 10.1. The number of fused-ring (bicyclic) bond motifs is 2. The van der Waals surface area contributed by atoms with Crippen LogP contribution in [0.1, 0.15) is 30.4 Å². The molecule has 0 amide bonds. The Bertz CT molecular complexity index is 524. The highest BCUT2D eigenvalue weighted by Crippen LogP contribution is 2.47. The van der Waals surface area contributed by atoms with Crippen molar-refractivity contribution in [2.75, 3.05) is 14.1 Å². The molecule has 0 saturated heterocycles. The van der Waals surface area contributed by atoms with Crippen LogP contribution in [0.25, 0.3) is 0 Å². The lowest BCUT2D eigenvalue weighted by Gasteiger charge is -2.33. The van der Waals surface area contributed by atoms with E-state index in [4.69, 9.17) is 4.99 Å². The number of benzene rings is 1. The van der Waals surface area contributed by atoms with Crippen molar-refractivity contribution < 1.29 is 5.11 Å². The van der Waals surface area contributed by atoms with Crippen molar-refractivity contribution in [1.29, 1.82) is 0 Å². The van der Waals surface area contributed by atoms with Gasteiger partial charge in [0, 0.05) is 17.8 Å². The zero-order chi connectivity index (χ0) is 14.3. The number of aliphatic imine (C=N–C) groups is 1. The minimum absolute atomic E-state index is 0.362. The highest BCUT2D eigenvalue weighted by Gasteiger charge is 2.48. The number of nitrogens with zero attached hydrogens (tertiary/aromatic N) is 2. The van der Waals surface area contributed by atoms with E-state index >= 15 is 0 Å². The van der Waals surface area contributed by atoms with Crippen molar-refractivity contribution in [1.82, 2.24) is 4.90 Å². The van der Waals surface area contributed by atoms with Crippen LogP contribution in [-0.4, -0.2) is 42.4 Å². The Morgan fingerprint density at radius 3 is 2.75 bits per heavy atom. The summed E-state index contributed by atoms with van der Waals surface area (Å²) in [6.07, 6.45) is 5.88. The van der Waals surface area contributed by atoms with Crippen molar-refractivity contribution in [2.24, 2.45) is 16.8 Å². The molecule has 2 fully saturated rings. The number of hydrogen-bond donors (Lipinski definition) is 1. The maximum Gasteiger partial charge on any atom is 0.127 e. The van der Waals surface area contributed by atoms with Gasteiger partial charge in [-0.3, -0.25) is 4.99 Å². The van der Waals surface area contributed by atoms with Gasteiger partial charge in [0.05, 0.1) is 6.04 Å². The second-order valence-electron chi connectivity index (χ2n) is 6.57. The minimum Gasteiger partial charge on any atom is -0.507 e. The molecule has 4 unspecified atom stereocenters. The monoisotopic (exact) mass is 272 g/mol. The third kappa shape index (κ3) is 2.24. The lowest BCUT2D eigenvalue weighted by Crippen LogP contribution is -2.42. The van der Waals surface area contributed by atoms with Crippen LogP contribution in [0.3, 0.4) is 0 Å².